The molecule has 3 heterocycles. The third-order valence-electron chi connectivity index (χ3n) is 10.3. The van der Waals surface area contributed by atoms with E-state index in [1.807, 2.05) is 60.7 Å². The van der Waals surface area contributed by atoms with Crippen LogP contribution in [-0.2, 0) is 0 Å². The first-order valence-corrected chi connectivity index (χ1v) is 17.5. The Morgan fingerprint density at radius 2 is 1.08 bits per heavy atom. The van der Waals surface area contributed by atoms with E-state index in [2.05, 4.69) is 108 Å². The highest BCUT2D eigenvalue weighted by Gasteiger charge is 2.26. The molecule has 0 saturated heterocycles. The molecule has 244 valence electrons. The minimum atomic E-state index is -0.413. The van der Waals surface area contributed by atoms with Gasteiger partial charge < -0.3 is 14.2 Å². The summed E-state index contributed by atoms with van der Waals surface area (Å²) >= 11 is 0. The highest BCUT2D eigenvalue weighted by Crippen LogP contribution is 2.39. The van der Waals surface area contributed by atoms with Crippen LogP contribution in [0.4, 0.5) is 0 Å². The van der Waals surface area contributed by atoms with E-state index in [-0.39, 0.29) is 0 Å². The maximum atomic E-state index is 6.49. The van der Waals surface area contributed by atoms with Crippen molar-refractivity contribution in [1.82, 2.24) is 5.32 Å². The van der Waals surface area contributed by atoms with Crippen molar-refractivity contribution in [2.45, 2.75) is 6.17 Å². The zero-order valence-corrected chi connectivity index (χ0v) is 27.9. The van der Waals surface area contributed by atoms with Gasteiger partial charge in [0, 0.05) is 38.2 Å². The normalized spacial score (nSPS) is 14.7. The number of benzene rings is 8. The van der Waals surface area contributed by atoms with Crippen molar-refractivity contribution < 1.29 is 8.83 Å². The molecule has 0 spiro atoms. The number of aliphatic imine (C=N–C) groups is 2. The Labute approximate surface area is 298 Å². The second-order valence-electron chi connectivity index (χ2n) is 13.4. The van der Waals surface area contributed by atoms with Crippen molar-refractivity contribution in [1.29, 1.82) is 0 Å². The third kappa shape index (κ3) is 4.49. The first-order chi connectivity index (χ1) is 25.7. The minimum Gasteiger partial charge on any atom is -0.456 e. The molecule has 0 bridgehead atoms. The quantitative estimate of drug-likeness (QED) is 0.190. The summed E-state index contributed by atoms with van der Waals surface area (Å²) in [7, 11) is 0. The average Bonchev–Trinajstić information content (AvgIpc) is 3.79. The largest absolute Gasteiger partial charge is 0.456 e. The molecule has 5 nitrogen and oxygen atoms in total. The molecule has 0 fully saturated rings. The number of hydrogen-bond donors (Lipinski definition) is 1. The highest BCUT2D eigenvalue weighted by molar-refractivity contribution is 6.22. The van der Waals surface area contributed by atoms with Crippen LogP contribution in [0.25, 0.3) is 76.5 Å². The summed E-state index contributed by atoms with van der Waals surface area (Å²) in [6, 6.07) is 56.9. The van der Waals surface area contributed by atoms with Crippen molar-refractivity contribution in [2.75, 3.05) is 0 Å². The van der Waals surface area contributed by atoms with Gasteiger partial charge in [-0.05, 0) is 69.1 Å². The van der Waals surface area contributed by atoms with Crippen molar-refractivity contribution in [3.63, 3.8) is 0 Å². The van der Waals surface area contributed by atoms with Crippen LogP contribution in [0, 0.1) is 0 Å². The first kappa shape index (κ1) is 28.8. The zero-order valence-electron chi connectivity index (χ0n) is 27.9. The summed E-state index contributed by atoms with van der Waals surface area (Å²) in [5.74, 6) is 1.40. The van der Waals surface area contributed by atoms with Gasteiger partial charge in [0.1, 0.15) is 34.3 Å². The number of nitrogens with zero attached hydrogens (tertiary/aromatic N) is 2. The molecule has 8 aromatic carbocycles. The fourth-order valence-corrected chi connectivity index (χ4v) is 7.88. The first-order valence-electron chi connectivity index (χ1n) is 17.5. The lowest BCUT2D eigenvalue weighted by Gasteiger charge is -2.24. The van der Waals surface area contributed by atoms with Gasteiger partial charge in [-0.2, -0.15) is 0 Å². The summed E-state index contributed by atoms with van der Waals surface area (Å²) in [6.45, 7) is 0. The number of nitrogens with one attached hydrogen (secondary N) is 1. The Balaban J connectivity index is 1.11. The van der Waals surface area contributed by atoms with E-state index < -0.39 is 6.17 Å². The van der Waals surface area contributed by atoms with Crippen LogP contribution in [0.2, 0.25) is 0 Å². The number of para-hydroxylation sites is 1. The lowest BCUT2D eigenvalue weighted by Crippen LogP contribution is -2.33. The molecule has 1 N–H and O–H groups in total. The SMILES string of the molecule is c1ccc(C2=NC(c3cccc4oc5ccc(-c6ccc7ccc8ccccc8c7c6)cc5c34)=NC(c3cccc4oc5ccccc5c34)N2)cc1. The van der Waals surface area contributed by atoms with Crippen LogP contribution in [0.15, 0.2) is 183 Å². The number of rotatable bonds is 4. The standard InChI is InChI=1S/C47H29N3O2/c1-2-11-30(12-3-1)45-48-46(35-15-8-18-41-43(35)34-14-6-7-17-39(34)51-41)50-47(49-45)36-16-9-19-42-44(36)38-27-32(24-25-40(38)52-42)31-23-22-29-21-20-28-10-4-5-13-33(28)37(29)26-31/h1-27,46H,(H,48,49,50). The van der Waals surface area contributed by atoms with E-state index in [0.717, 1.165) is 77.5 Å². The Kier molecular flexibility index (Phi) is 6.25. The molecule has 0 radical (unpaired) electrons. The van der Waals surface area contributed by atoms with Gasteiger partial charge in [0.15, 0.2) is 5.84 Å². The highest BCUT2D eigenvalue weighted by atomic mass is 16.3. The second kappa shape index (κ2) is 11.3. The van der Waals surface area contributed by atoms with E-state index in [9.17, 15) is 0 Å². The van der Waals surface area contributed by atoms with Gasteiger partial charge in [-0.25, -0.2) is 9.98 Å². The van der Waals surface area contributed by atoms with Crippen LogP contribution >= 0.6 is 0 Å². The van der Waals surface area contributed by atoms with Gasteiger partial charge in [-0.3, -0.25) is 0 Å². The Hall–Kier alpha value is -6.98. The van der Waals surface area contributed by atoms with Crippen LogP contribution < -0.4 is 5.32 Å². The van der Waals surface area contributed by atoms with Gasteiger partial charge in [0.25, 0.3) is 0 Å². The lowest BCUT2D eigenvalue weighted by molar-refractivity contribution is 0.662. The fourth-order valence-electron chi connectivity index (χ4n) is 7.88. The summed E-state index contributed by atoms with van der Waals surface area (Å²) in [6.07, 6.45) is -0.413. The van der Waals surface area contributed by atoms with Gasteiger partial charge in [-0.1, -0.05) is 127 Å². The molecule has 1 atom stereocenters. The molecule has 10 aromatic rings. The van der Waals surface area contributed by atoms with Crippen molar-refractivity contribution in [3.05, 3.63) is 180 Å². The molecule has 5 heteroatoms. The maximum Gasteiger partial charge on any atom is 0.160 e. The van der Waals surface area contributed by atoms with Crippen molar-refractivity contribution in [3.8, 4) is 11.1 Å². The van der Waals surface area contributed by atoms with E-state index >= 15 is 0 Å². The summed E-state index contributed by atoms with van der Waals surface area (Å²) in [5.41, 5.74) is 8.51. The molecule has 1 aliphatic heterocycles. The Bertz CT molecular complexity index is 3110. The molecular formula is C47H29N3O2. The summed E-state index contributed by atoms with van der Waals surface area (Å²) in [4.78, 5) is 10.5. The molecule has 52 heavy (non-hydrogen) atoms. The average molecular weight is 668 g/mol. The zero-order chi connectivity index (χ0) is 34.2. The monoisotopic (exact) mass is 667 g/mol. The van der Waals surface area contributed by atoms with Crippen LogP contribution in [0.5, 0.6) is 0 Å². The number of furan rings is 2. The second-order valence-corrected chi connectivity index (χ2v) is 13.4. The molecule has 0 amide bonds. The van der Waals surface area contributed by atoms with E-state index in [0.29, 0.717) is 5.84 Å². The number of amidine groups is 2. The molecule has 11 rings (SSSR count). The van der Waals surface area contributed by atoms with Crippen LogP contribution in [-0.4, -0.2) is 11.7 Å². The van der Waals surface area contributed by atoms with E-state index in [1.54, 1.807) is 0 Å². The Morgan fingerprint density at radius 3 is 1.94 bits per heavy atom. The van der Waals surface area contributed by atoms with Gasteiger partial charge in [0.2, 0.25) is 0 Å². The van der Waals surface area contributed by atoms with Gasteiger partial charge in [-0.15, -0.1) is 0 Å². The topological polar surface area (TPSA) is 63.0 Å². The summed E-state index contributed by atoms with van der Waals surface area (Å²) in [5, 5.41) is 12.8. The lowest BCUT2D eigenvalue weighted by atomic mass is 9.96. The molecule has 2 aromatic heterocycles. The van der Waals surface area contributed by atoms with E-state index in [4.69, 9.17) is 18.8 Å². The molecule has 0 aliphatic carbocycles. The predicted molar refractivity (Wildman–Crippen MR) is 213 cm³/mol. The predicted octanol–water partition coefficient (Wildman–Crippen LogP) is 12.0. The number of fused-ring (bicyclic) bond motifs is 9. The molecule has 1 unspecified atom stereocenters. The van der Waals surface area contributed by atoms with Crippen LogP contribution in [0.3, 0.4) is 0 Å². The van der Waals surface area contributed by atoms with Crippen LogP contribution in [0.1, 0.15) is 22.9 Å². The van der Waals surface area contributed by atoms with E-state index in [1.165, 1.54) is 21.5 Å². The molecule has 1 aliphatic rings. The third-order valence-corrected chi connectivity index (χ3v) is 10.3. The fraction of sp³-hybridized carbons (Fsp3) is 0.0213. The maximum absolute atomic E-state index is 6.49. The minimum absolute atomic E-state index is 0.413. The summed E-state index contributed by atoms with van der Waals surface area (Å²) < 4.78 is 12.8. The molecule has 0 saturated carbocycles. The molecular weight excluding hydrogens is 639 g/mol. The number of hydrogen-bond acceptors (Lipinski definition) is 5. The smallest absolute Gasteiger partial charge is 0.160 e. The Morgan fingerprint density at radius 1 is 0.442 bits per heavy atom. The van der Waals surface area contributed by atoms with Gasteiger partial charge in [0.05, 0.1) is 0 Å². The van der Waals surface area contributed by atoms with Crippen molar-refractivity contribution in [2.24, 2.45) is 9.98 Å². The van der Waals surface area contributed by atoms with Gasteiger partial charge >= 0.3 is 0 Å². The van der Waals surface area contributed by atoms with Crippen molar-refractivity contribution >= 4 is 77.1 Å².